The number of rotatable bonds is 3. The summed E-state index contributed by atoms with van der Waals surface area (Å²) >= 11 is 0. The van der Waals surface area contributed by atoms with Crippen LogP contribution < -0.4 is 10.6 Å². The van der Waals surface area contributed by atoms with Crippen LogP contribution in [0.4, 0.5) is 0 Å². The van der Waals surface area contributed by atoms with Crippen LogP contribution in [0.3, 0.4) is 0 Å². The van der Waals surface area contributed by atoms with Crippen LogP contribution in [0.5, 0.6) is 0 Å². The van der Waals surface area contributed by atoms with Gasteiger partial charge in [-0.3, -0.25) is 4.79 Å². The Balaban J connectivity index is 1.68. The Morgan fingerprint density at radius 1 is 1.37 bits per heavy atom. The van der Waals surface area contributed by atoms with E-state index in [1.54, 1.807) is 0 Å². The molecular formula is C16H20N2O. The van der Waals surface area contributed by atoms with E-state index in [1.165, 1.54) is 12.8 Å². The van der Waals surface area contributed by atoms with E-state index in [4.69, 9.17) is 0 Å². The summed E-state index contributed by atoms with van der Waals surface area (Å²) in [6.07, 6.45) is 3.54. The van der Waals surface area contributed by atoms with E-state index in [0.717, 1.165) is 25.1 Å². The van der Waals surface area contributed by atoms with Crippen molar-refractivity contribution in [2.24, 2.45) is 5.92 Å². The molecular weight excluding hydrogens is 236 g/mol. The average Bonchev–Trinajstić information content (AvgIpc) is 2.47. The largest absolute Gasteiger partial charge is 0.345 e. The van der Waals surface area contributed by atoms with Crippen molar-refractivity contribution in [3.8, 4) is 11.8 Å². The van der Waals surface area contributed by atoms with Crippen molar-refractivity contribution in [1.29, 1.82) is 0 Å². The maximum absolute atomic E-state index is 11.6. The molecule has 0 aliphatic carbocycles. The van der Waals surface area contributed by atoms with Crippen LogP contribution >= 0.6 is 0 Å². The molecule has 1 atom stereocenters. The van der Waals surface area contributed by atoms with Gasteiger partial charge in [-0.25, -0.2) is 0 Å². The third-order valence-corrected chi connectivity index (χ3v) is 3.33. The van der Waals surface area contributed by atoms with Gasteiger partial charge in [0.15, 0.2) is 0 Å². The van der Waals surface area contributed by atoms with Gasteiger partial charge in [0, 0.05) is 18.0 Å². The van der Waals surface area contributed by atoms with Crippen molar-refractivity contribution in [1.82, 2.24) is 10.6 Å². The fourth-order valence-electron chi connectivity index (χ4n) is 2.25. The minimum absolute atomic E-state index is 0.187. The predicted molar refractivity (Wildman–Crippen MR) is 76.5 cm³/mol. The molecule has 1 aliphatic rings. The molecule has 2 rings (SSSR count). The molecule has 1 aliphatic heterocycles. The van der Waals surface area contributed by atoms with Crippen molar-refractivity contribution in [3.63, 3.8) is 0 Å². The Morgan fingerprint density at radius 2 is 2.21 bits per heavy atom. The van der Waals surface area contributed by atoms with Gasteiger partial charge in [0.2, 0.25) is 0 Å². The van der Waals surface area contributed by atoms with Crippen molar-refractivity contribution in [2.75, 3.05) is 19.6 Å². The summed E-state index contributed by atoms with van der Waals surface area (Å²) in [6.45, 7) is 2.92. The summed E-state index contributed by atoms with van der Waals surface area (Å²) in [5, 5.41) is 6.24. The summed E-state index contributed by atoms with van der Waals surface area (Å²) in [6, 6.07) is 9.56. The number of hydrogen-bond donors (Lipinski definition) is 2. The molecule has 0 saturated carbocycles. The minimum atomic E-state index is -0.187. The Hall–Kier alpha value is -1.79. The van der Waals surface area contributed by atoms with Crippen LogP contribution in [0.15, 0.2) is 30.3 Å². The van der Waals surface area contributed by atoms with Gasteiger partial charge in [-0.1, -0.05) is 24.1 Å². The Bertz CT molecular complexity index is 453. The van der Waals surface area contributed by atoms with Crippen molar-refractivity contribution in [3.05, 3.63) is 35.9 Å². The van der Waals surface area contributed by atoms with Gasteiger partial charge in [0.05, 0.1) is 0 Å². The smallest absolute Gasteiger partial charge is 0.296 e. The highest BCUT2D eigenvalue weighted by atomic mass is 16.1. The van der Waals surface area contributed by atoms with E-state index in [1.807, 2.05) is 30.3 Å². The number of benzene rings is 1. The van der Waals surface area contributed by atoms with Crippen LogP contribution in [-0.2, 0) is 4.79 Å². The Labute approximate surface area is 114 Å². The third-order valence-electron chi connectivity index (χ3n) is 3.33. The van der Waals surface area contributed by atoms with E-state index < -0.39 is 0 Å². The summed E-state index contributed by atoms with van der Waals surface area (Å²) < 4.78 is 0. The van der Waals surface area contributed by atoms with Crippen LogP contribution in [0.1, 0.15) is 24.8 Å². The molecule has 1 unspecified atom stereocenters. The number of carbonyl (C=O) groups excluding carboxylic acids is 1. The Morgan fingerprint density at radius 3 is 2.95 bits per heavy atom. The lowest BCUT2D eigenvalue weighted by molar-refractivity contribution is -0.115. The topological polar surface area (TPSA) is 41.1 Å². The summed E-state index contributed by atoms with van der Waals surface area (Å²) in [5.41, 5.74) is 0.870. The van der Waals surface area contributed by atoms with Crippen LogP contribution in [-0.4, -0.2) is 25.5 Å². The van der Waals surface area contributed by atoms with E-state index >= 15 is 0 Å². The van der Waals surface area contributed by atoms with Crippen molar-refractivity contribution in [2.45, 2.75) is 19.3 Å². The first-order valence-corrected chi connectivity index (χ1v) is 6.90. The number of hydrogen-bond acceptors (Lipinski definition) is 2. The van der Waals surface area contributed by atoms with Gasteiger partial charge < -0.3 is 10.6 Å². The minimum Gasteiger partial charge on any atom is -0.345 e. The quantitative estimate of drug-likeness (QED) is 0.806. The molecule has 1 fully saturated rings. The fraction of sp³-hybridized carbons (Fsp3) is 0.438. The lowest BCUT2D eigenvalue weighted by atomic mass is 9.96. The standard InChI is InChI=1S/C16H20N2O/c19-16(9-8-14-5-2-1-3-6-14)18-12-10-15-7-4-11-17-13-15/h1-3,5-6,15,17H,4,7,10-13H2,(H,18,19). The first-order chi connectivity index (χ1) is 9.34. The van der Waals surface area contributed by atoms with Crippen LogP contribution in [0, 0.1) is 17.8 Å². The van der Waals surface area contributed by atoms with E-state index in [9.17, 15) is 4.79 Å². The molecule has 1 heterocycles. The van der Waals surface area contributed by atoms with Gasteiger partial charge in [-0.2, -0.15) is 0 Å². The normalized spacial score (nSPS) is 18.2. The first-order valence-electron chi connectivity index (χ1n) is 6.90. The van der Waals surface area contributed by atoms with Crippen LogP contribution in [0.25, 0.3) is 0 Å². The lowest BCUT2D eigenvalue weighted by Crippen LogP contribution is -2.32. The van der Waals surface area contributed by atoms with Gasteiger partial charge in [-0.05, 0) is 50.4 Å². The van der Waals surface area contributed by atoms with Crippen molar-refractivity contribution < 1.29 is 4.79 Å². The molecule has 1 aromatic carbocycles. The molecule has 3 heteroatoms. The average molecular weight is 256 g/mol. The monoisotopic (exact) mass is 256 g/mol. The Kier molecular flexibility index (Phi) is 5.46. The number of piperidine rings is 1. The van der Waals surface area contributed by atoms with E-state index in [0.29, 0.717) is 12.5 Å². The second-order valence-electron chi connectivity index (χ2n) is 4.87. The number of amides is 1. The van der Waals surface area contributed by atoms with Gasteiger partial charge in [0.25, 0.3) is 5.91 Å². The van der Waals surface area contributed by atoms with Crippen molar-refractivity contribution >= 4 is 5.91 Å². The zero-order valence-corrected chi connectivity index (χ0v) is 11.1. The van der Waals surface area contributed by atoms with E-state index in [2.05, 4.69) is 22.5 Å². The third kappa shape index (κ3) is 5.15. The molecule has 1 amide bonds. The molecule has 1 aromatic rings. The highest BCUT2D eigenvalue weighted by molar-refractivity contribution is 5.94. The molecule has 0 spiro atoms. The molecule has 19 heavy (non-hydrogen) atoms. The molecule has 3 nitrogen and oxygen atoms in total. The SMILES string of the molecule is O=C(C#Cc1ccccc1)NCCC1CCCNC1. The number of carbonyl (C=O) groups is 1. The molecule has 100 valence electrons. The van der Waals surface area contributed by atoms with Crippen LogP contribution in [0.2, 0.25) is 0 Å². The summed E-state index contributed by atoms with van der Waals surface area (Å²) in [7, 11) is 0. The second-order valence-corrected chi connectivity index (χ2v) is 4.87. The zero-order chi connectivity index (χ0) is 13.3. The predicted octanol–water partition coefficient (Wildman–Crippen LogP) is 1.54. The van der Waals surface area contributed by atoms with E-state index in [-0.39, 0.29) is 5.91 Å². The molecule has 0 bridgehead atoms. The van der Waals surface area contributed by atoms with Gasteiger partial charge in [-0.15, -0.1) is 0 Å². The lowest BCUT2D eigenvalue weighted by Gasteiger charge is -2.22. The molecule has 1 saturated heterocycles. The highest BCUT2D eigenvalue weighted by Gasteiger charge is 2.12. The second kappa shape index (κ2) is 7.60. The fourth-order valence-corrected chi connectivity index (χ4v) is 2.25. The number of nitrogens with one attached hydrogen (secondary N) is 2. The maximum atomic E-state index is 11.6. The summed E-state index contributed by atoms with van der Waals surface area (Å²) in [4.78, 5) is 11.6. The molecule has 0 radical (unpaired) electrons. The van der Waals surface area contributed by atoms with Gasteiger partial charge >= 0.3 is 0 Å². The summed E-state index contributed by atoms with van der Waals surface area (Å²) in [5.74, 6) is 5.98. The molecule has 2 N–H and O–H groups in total. The zero-order valence-electron chi connectivity index (χ0n) is 11.1. The van der Waals surface area contributed by atoms with Gasteiger partial charge in [0.1, 0.15) is 0 Å². The molecule has 0 aromatic heterocycles. The highest BCUT2D eigenvalue weighted by Crippen LogP contribution is 2.12. The maximum Gasteiger partial charge on any atom is 0.296 e. The first kappa shape index (κ1) is 13.6.